The number of carbonyl (C=O) groups is 1. The molecular weight excluding hydrogens is 346 g/mol. The van der Waals surface area contributed by atoms with Gasteiger partial charge < -0.3 is 14.8 Å². The van der Waals surface area contributed by atoms with E-state index in [9.17, 15) is 4.79 Å². The summed E-state index contributed by atoms with van der Waals surface area (Å²) < 4.78 is 11.4. The van der Waals surface area contributed by atoms with Crippen LogP contribution < -0.4 is 14.8 Å². The van der Waals surface area contributed by atoms with E-state index in [1.807, 2.05) is 31.2 Å². The van der Waals surface area contributed by atoms with Gasteiger partial charge in [-0.3, -0.25) is 4.79 Å². The summed E-state index contributed by atoms with van der Waals surface area (Å²) in [5, 5.41) is 2.85. The average molecular weight is 369 g/mol. The van der Waals surface area contributed by atoms with Crippen LogP contribution in [0.1, 0.15) is 30.9 Å². The SMILES string of the molecule is C[C@@H](Sc1ccc2c(c1)OCCCO2)C(=O)Nc1ccc2c(c1)CCC2. The van der Waals surface area contributed by atoms with Gasteiger partial charge in [-0.15, -0.1) is 11.8 Å². The number of amides is 1. The summed E-state index contributed by atoms with van der Waals surface area (Å²) in [6.45, 7) is 3.27. The van der Waals surface area contributed by atoms with Crippen LogP contribution in [0.2, 0.25) is 0 Å². The Morgan fingerprint density at radius 3 is 2.69 bits per heavy atom. The van der Waals surface area contributed by atoms with Crippen LogP contribution in [0.25, 0.3) is 0 Å². The number of carbonyl (C=O) groups excluding carboxylic acids is 1. The van der Waals surface area contributed by atoms with E-state index < -0.39 is 0 Å². The second-order valence-electron chi connectivity index (χ2n) is 6.75. The molecule has 5 heteroatoms. The predicted octanol–water partition coefficient (Wildman–Crippen LogP) is 4.46. The molecule has 4 nitrogen and oxygen atoms in total. The smallest absolute Gasteiger partial charge is 0.237 e. The molecule has 0 saturated carbocycles. The van der Waals surface area contributed by atoms with Crippen molar-refractivity contribution in [1.29, 1.82) is 0 Å². The van der Waals surface area contributed by atoms with Gasteiger partial charge in [0.2, 0.25) is 5.91 Å². The van der Waals surface area contributed by atoms with Gasteiger partial charge in [0.1, 0.15) is 0 Å². The summed E-state index contributed by atoms with van der Waals surface area (Å²) >= 11 is 1.53. The molecule has 26 heavy (non-hydrogen) atoms. The summed E-state index contributed by atoms with van der Waals surface area (Å²) in [7, 11) is 0. The predicted molar refractivity (Wildman–Crippen MR) is 104 cm³/mol. The Kier molecular flexibility index (Phi) is 5.07. The zero-order chi connectivity index (χ0) is 17.9. The highest BCUT2D eigenvalue weighted by atomic mass is 32.2. The molecule has 0 saturated heterocycles. The maximum Gasteiger partial charge on any atom is 0.237 e. The minimum absolute atomic E-state index is 0.0139. The molecule has 1 heterocycles. The molecule has 0 unspecified atom stereocenters. The van der Waals surface area contributed by atoms with Gasteiger partial charge in [-0.1, -0.05) is 6.07 Å². The lowest BCUT2D eigenvalue weighted by atomic mass is 10.1. The average Bonchev–Trinajstić information content (AvgIpc) is 2.98. The third-order valence-electron chi connectivity index (χ3n) is 4.77. The van der Waals surface area contributed by atoms with Crippen molar-refractivity contribution in [3.63, 3.8) is 0 Å². The van der Waals surface area contributed by atoms with Crippen LogP contribution in [0.3, 0.4) is 0 Å². The molecule has 1 aliphatic carbocycles. The summed E-state index contributed by atoms with van der Waals surface area (Å²) in [5.41, 5.74) is 3.67. The number of ether oxygens (including phenoxy) is 2. The van der Waals surface area contributed by atoms with Crippen molar-refractivity contribution in [1.82, 2.24) is 0 Å². The second kappa shape index (κ2) is 7.62. The minimum Gasteiger partial charge on any atom is -0.490 e. The van der Waals surface area contributed by atoms with Gasteiger partial charge in [0, 0.05) is 17.0 Å². The maximum absolute atomic E-state index is 12.6. The Labute approximate surface area is 158 Å². The maximum atomic E-state index is 12.6. The van der Waals surface area contributed by atoms with Crippen LogP contribution in [0, 0.1) is 0 Å². The van der Waals surface area contributed by atoms with E-state index in [1.165, 1.54) is 29.3 Å². The zero-order valence-electron chi connectivity index (χ0n) is 14.9. The van der Waals surface area contributed by atoms with Crippen molar-refractivity contribution in [3.8, 4) is 11.5 Å². The minimum atomic E-state index is -0.201. The molecule has 2 aliphatic rings. The van der Waals surface area contributed by atoms with E-state index in [0.717, 1.165) is 41.3 Å². The van der Waals surface area contributed by atoms with Crippen molar-refractivity contribution in [2.45, 2.75) is 42.8 Å². The summed E-state index contributed by atoms with van der Waals surface area (Å²) in [5.74, 6) is 1.56. The highest BCUT2D eigenvalue weighted by molar-refractivity contribution is 8.00. The first-order valence-corrected chi connectivity index (χ1v) is 10.1. The molecule has 2 aromatic carbocycles. The van der Waals surface area contributed by atoms with E-state index in [-0.39, 0.29) is 11.2 Å². The van der Waals surface area contributed by atoms with Crippen LogP contribution in [0.5, 0.6) is 11.5 Å². The molecule has 1 N–H and O–H groups in total. The van der Waals surface area contributed by atoms with Crippen molar-refractivity contribution >= 4 is 23.4 Å². The summed E-state index contributed by atoms with van der Waals surface area (Å²) in [6.07, 6.45) is 4.36. The second-order valence-corrected chi connectivity index (χ2v) is 8.16. The fourth-order valence-electron chi connectivity index (χ4n) is 3.37. The zero-order valence-corrected chi connectivity index (χ0v) is 15.7. The quantitative estimate of drug-likeness (QED) is 0.809. The summed E-state index contributed by atoms with van der Waals surface area (Å²) in [4.78, 5) is 13.6. The molecule has 2 aromatic rings. The van der Waals surface area contributed by atoms with Crippen LogP contribution >= 0.6 is 11.8 Å². The number of hydrogen-bond donors (Lipinski definition) is 1. The Balaban J connectivity index is 1.40. The Morgan fingerprint density at radius 2 is 1.81 bits per heavy atom. The number of rotatable bonds is 4. The van der Waals surface area contributed by atoms with Crippen LogP contribution in [-0.4, -0.2) is 24.4 Å². The van der Waals surface area contributed by atoms with Gasteiger partial charge in [-0.05, 0) is 67.6 Å². The summed E-state index contributed by atoms with van der Waals surface area (Å²) in [6, 6.07) is 12.1. The molecule has 136 valence electrons. The number of thioether (sulfide) groups is 1. The fraction of sp³-hybridized carbons (Fsp3) is 0.381. The lowest BCUT2D eigenvalue weighted by Crippen LogP contribution is -2.22. The number of benzene rings is 2. The van der Waals surface area contributed by atoms with Crippen LogP contribution in [0.4, 0.5) is 5.69 Å². The molecule has 1 atom stereocenters. The molecule has 0 bridgehead atoms. The number of anilines is 1. The van der Waals surface area contributed by atoms with E-state index in [0.29, 0.717) is 13.2 Å². The third-order valence-corrected chi connectivity index (χ3v) is 5.86. The fourth-order valence-corrected chi connectivity index (χ4v) is 4.26. The first-order valence-electron chi connectivity index (χ1n) is 9.18. The first-order chi connectivity index (χ1) is 12.7. The highest BCUT2D eigenvalue weighted by Crippen LogP contribution is 2.35. The molecule has 1 amide bonds. The van der Waals surface area contributed by atoms with E-state index in [4.69, 9.17) is 9.47 Å². The number of nitrogens with one attached hydrogen (secondary N) is 1. The van der Waals surface area contributed by atoms with E-state index in [1.54, 1.807) is 0 Å². The van der Waals surface area contributed by atoms with Crippen molar-refractivity contribution in [3.05, 3.63) is 47.5 Å². The van der Waals surface area contributed by atoms with Gasteiger partial charge in [-0.2, -0.15) is 0 Å². The monoisotopic (exact) mass is 369 g/mol. The molecule has 0 fully saturated rings. The number of hydrogen-bond acceptors (Lipinski definition) is 4. The highest BCUT2D eigenvalue weighted by Gasteiger charge is 2.18. The molecule has 4 rings (SSSR count). The van der Waals surface area contributed by atoms with Crippen molar-refractivity contribution in [2.75, 3.05) is 18.5 Å². The Bertz CT molecular complexity index is 821. The molecule has 0 spiro atoms. The Morgan fingerprint density at radius 1 is 1.00 bits per heavy atom. The lowest BCUT2D eigenvalue weighted by Gasteiger charge is -2.14. The van der Waals surface area contributed by atoms with Crippen molar-refractivity contribution in [2.24, 2.45) is 0 Å². The van der Waals surface area contributed by atoms with E-state index in [2.05, 4.69) is 17.4 Å². The van der Waals surface area contributed by atoms with Gasteiger partial charge in [0.25, 0.3) is 0 Å². The van der Waals surface area contributed by atoms with Gasteiger partial charge >= 0.3 is 0 Å². The third kappa shape index (κ3) is 3.83. The lowest BCUT2D eigenvalue weighted by molar-refractivity contribution is -0.115. The van der Waals surface area contributed by atoms with Gasteiger partial charge in [-0.25, -0.2) is 0 Å². The van der Waals surface area contributed by atoms with Crippen molar-refractivity contribution < 1.29 is 14.3 Å². The van der Waals surface area contributed by atoms with E-state index >= 15 is 0 Å². The molecule has 0 aromatic heterocycles. The molecule has 0 radical (unpaired) electrons. The standard InChI is InChI=1S/C21H23NO3S/c1-14(21(23)22-17-7-6-15-4-2-5-16(15)12-17)26-18-8-9-19-20(13-18)25-11-3-10-24-19/h6-9,12-14H,2-5,10-11H2,1H3,(H,22,23)/t14-/m1/s1. The number of fused-ring (bicyclic) bond motifs is 2. The largest absolute Gasteiger partial charge is 0.490 e. The molecular formula is C21H23NO3S. The van der Waals surface area contributed by atoms with Crippen LogP contribution in [-0.2, 0) is 17.6 Å². The van der Waals surface area contributed by atoms with Gasteiger partial charge in [0.05, 0.1) is 18.5 Å². The topological polar surface area (TPSA) is 47.6 Å². The normalized spacial score (nSPS) is 16.5. The molecule has 1 aliphatic heterocycles. The Hall–Kier alpha value is -2.14. The first kappa shape index (κ1) is 17.3. The number of aryl methyl sites for hydroxylation is 2. The van der Waals surface area contributed by atoms with Gasteiger partial charge in [0.15, 0.2) is 11.5 Å². The van der Waals surface area contributed by atoms with Crippen LogP contribution in [0.15, 0.2) is 41.3 Å².